The lowest BCUT2D eigenvalue weighted by atomic mass is 10.1. The van der Waals surface area contributed by atoms with Gasteiger partial charge in [-0.05, 0) is 29.8 Å². The molecule has 0 aliphatic carbocycles. The zero-order valence-electron chi connectivity index (χ0n) is 19.9. The predicted molar refractivity (Wildman–Crippen MR) is 139 cm³/mol. The number of hydrogen-bond donors (Lipinski definition) is 5. The number of nitrogens with zero attached hydrogens (tertiary/aromatic N) is 4. The van der Waals surface area contributed by atoms with Crippen LogP contribution < -0.4 is 32.0 Å². The second-order valence-electron chi connectivity index (χ2n) is 7.66. The Labute approximate surface area is 203 Å². The van der Waals surface area contributed by atoms with Gasteiger partial charge in [-0.2, -0.15) is 5.10 Å². The molecular weight excluding hydrogens is 448 g/mol. The maximum atomic E-state index is 12.0. The summed E-state index contributed by atoms with van der Waals surface area (Å²) in [6.45, 7) is 3.78. The molecule has 0 radical (unpaired) electrons. The minimum Gasteiger partial charge on any atom is -0.494 e. The Kier molecular flexibility index (Phi) is 8.08. The second-order valence-corrected chi connectivity index (χ2v) is 7.66. The molecule has 0 saturated heterocycles. The molecule has 0 aliphatic heterocycles. The number of amidine groups is 1. The van der Waals surface area contributed by atoms with Crippen molar-refractivity contribution in [2.75, 3.05) is 37.5 Å². The van der Waals surface area contributed by atoms with E-state index in [-0.39, 0.29) is 12.4 Å². The monoisotopic (exact) mass is 478 g/mol. The van der Waals surface area contributed by atoms with Gasteiger partial charge in [0, 0.05) is 43.9 Å². The van der Waals surface area contributed by atoms with E-state index in [1.807, 2.05) is 25.2 Å². The lowest BCUT2D eigenvalue weighted by Gasteiger charge is -2.23. The van der Waals surface area contributed by atoms with E-state index in [4.69, 9.17) is 16.3 Å². The standard InChI is InChI=1S/C24H30N8O3/c1-5-24(34)29-18-12-19(22(35-4)13-21(18)31(2)8-9-33)28-23(30-26)11-17(25)15-6-7-20-16(10-15)14-27-32(20)3/h5-7,10-14,33H,1,8-9,25-26H2,2-4H3,(H,28,30)(H,29,34). The predicted octanol–water partition coefficient (Wildman–Crippen LogP) is 1.63. The number of nitrogens with one attached hydrogen (secondary N) is 2. The van der Waals surface area contributed by atoms with Gasteiger partial charge in [-0.15, -0.1) is 0 Å². The molecule has 2 aromatic carbocycles. The number of nitrogens with two attached hydrogens (primary N) is 2. The summed E-state index contributed by atoms with van der Waals surface area (Å²) in [4.78, 5) is 18.4. The van der Waals surface area contributed by atoms with Gasteiger partial charge in [-0.25, -0.2) is 10.8 Å². The van der Waals surface area contributed by atoms with Crippen molar-refractivity contribution in [2.45, 2.75) is 0 Å². The van der Waals surface area contributed by atoms with Crippen molar-refractivity contribution in [1.29, 1.82) is 0 Å². The molecule has 3 rings (SSSR count). The van der Waals surface area contributed by atoms with E-state index in [0.717, 1.165) is 16.5 Å². The third-order valence-electron chi connectivity index (χ3n) is 5.35. The number of aliphatic hydroxyl groups is 1. The van der Waals surface area contributed by atoms with Crippen LogP contribution >= 0.6 is 0 Å². The number of aliphatic hydroxyl groups excluding tert-OH is 1. The molecule has 7 N–H and O–H groups in total. The van der Waals surface area contributed by atoms with E-state index in [1.165, 1.54) is 13.2 Å². The van der Waals surface area contributed by atoms with Crippen molar-refractivity contribution in [3.63, 3.8) is 0 Å². The molecule has 11 heteroatoms. The smallest absolute Gasteiger partial charge is 0.247 e. The van der Waals surface area contributed by atoms with Crippen molar-refractivity contribution in [3.8, 4) is 5.75 Å². The fourth-order valence-corrected chi connectivity index (χ4v) is 3.49. The van der Waals surface area contributed by atoms with Gasteiger partial charge in [0.2, 0.25) is 5.91 Å². The fraction of sp³-hybridized carbons (Fsp3) is 0.208. The summed E-state index contributed by atoms with van der Waals surface area (Å²) >= 11 is 0. The summed E-state index contributed by atoms with van der Waals surface area (Å²) in [5, 5.41) is 17.3. The van der Waals surface area contributed by atoms with Crippen molar-refractivity contribution in [1.82, 2.24) is 15.2 Å². The number of rotatable bonds is 9. The Morgan fingerprint density at radius 3 is 2.80 bits per heavy atom. The SMILES string of the molecule is C=CC(=O)Nc1cc(N=C(C=C(N)c2ccc3c(cnn3C)c2)NN)c(OC)cc1N(C)CCO. The number of fused-ring (bicyclic) bond motifs is 1. The van der Waals surface area contributed by atoms with E-state index in [9.17, 15) is 9.90 Å². The summed E-state index contributed by atoms with van der Waals surface area (Å²) in [7, 11) is 5.16. The first-order chi connectivity index (χ1) is 16.8. The average Bonchev–Trinajstić information content (AvgIpc) is 3.23. The number of aliphatic imine (C=N–C) groups is 1. The molecule has 11 nitrogen and oxygen atoms in total. The normalized spacial score (nSPS) is 11.9. The van der Waals surface area contributed by atoms with Crippen LogP contribution in [0.5, 0.6) is 5.75 Å². The van der Waals surface area contributed by atoms with E-state index in [1.54, 1.807) is 41.0 Å². The first-order valence-corrected chi connectivity index (χ1v) is 10.7. The van der Waals surface area contributed by atoms with Crippen LogP contribution in [-0.2, 0) is 11.8 Å². The van der Waals surface area contributed by atoms with Crippen LogP contribution in [0.25, 0.3) is 16.6 Å². The number of benzene rings is 2. The van der Waals surface area contributed by atoms with Crippen molar-refractivity contribution >= 4 is 45.4 Å². The number of hydrazine groups is 1. The number of aromatic nitrogens is 2. The van der Waals surface area contributed by atoms with Gasteiger partial charge in [-0.3, -0.25) is 9.48 Å². The quantitative estimate of drug-likeness (QED) is 0.102. The summed E-state index contributed by atoms with van der Waals surface area (Å²) in [6.07, 6.45) is 4.53. The Morgan fingerprint density at radius 1 is 1.37 bits per heavy atom. The van der Waals surface area contributed by atoms with E-state index >= 15 is 0 Å². The second kappa shape index (κ2) is 11.2. The van der Waals surface area contributed by atoms with Crippen LogP contribution in [0, 0.1) is 0 Å². The molecular formula is C24H30N8O3. The molecule has 0 bridgehead atoms. The van der Waals surface area contributed by atoms with Crippen molar-refractivity contribution < 1.29 is 14.6 Å². The van der Waals surface area contributed by atoms with Gasteiger partial charge in [-0.1, -0.05) is 12.6 Å². The minimum absolute atomic E-state index is 0.0658. The molecule has 3 aromatic rings. The highest BCUT2D eigenvalue weighted by molar-refractivity contribution is 6.03. The minimum atomic E-state index is -0.393. The topological polar surface area (TPSA) is 156 Å². The molecule has 184 valence electrons. The number of aryl methyl sites for hydroxylation is 1. The zero-order chi connectivity index (χ0) is 25.5. The highest BCUT2D eigenvalue weighted by atomic mass is 16.5. The molecule has 1 heterocycles. The number of anilines is 2. The van der Waals surface area contributed by atoms with E-state index < -0.39 is 5.91 Å². The molecule has 0 atom stereocenters. The first kappa shape index (κ1) is 25.3. The molecule has 0 unspecified atom stereocenters. The lowest BCUT2D eigenvalue weighted by Crippen LogP contribution is -2.29. The van der Waals surface area contributed by atoms with Gasteiger partial charge in [0.05, 0.1) is 36.8 Å². The van der Waals surface area contributed by atoms with Crippen molar-refractivity contribution in [2.24, 2.45) is 23.6 Å². The summed E-state index contributed by atoms with van der Waals surface area (Å²) in [6, 6.07) is 9.11. The Hall–Kier alpha value is -4.35. The number of likely N-dealkylation sites (N-methyl/N-ethyl adjacent to an activating group) is 1. The van der Waals surface area contributed by atoms with Crippen LogP contribution in [0.1, 0.15) is 5.56 Å². The van der Waals surface area contributed by atoms with Gasteiger partial charge in [0.1, 0.15) is 17.3 Å². The zero-order valence-corrected chi connectivity index (χ0v) is 19.9. The lowest BCUT2D eigenvalue weighted by molar-refractivity contribution is -0.111. The largest absolute Gasteiger partial charge is 0.494 e. The summed E-state index contributed by atoms with van der Waals surface area (Å²) < 4.78 is 7.31. The molecule has 1 aromatic heterocycles. The molecule has 0 fully saturated rings. The molecule has 35 heavy (non-hydrogen) atoms. The Balaban J connectivity index is 2.04. The van der Waals surface area contributed by atoms with Gasteiger partial charge >= 0.3 is 0 Å². The maximum absolute atomic E-state index is 12.0. The number of ether oxygens (including phenoxy) is 1. The third kappa shape index (κ3) is 5.78. The first-order valence-electron chi connectivity index (χ1n) is 10.7. The van der Waals surface area contributed by atoms with Crippen LogP contribution in [0.3, 0.4) is 0 Å². The third-order valence-corrected chi connectivity index (χ3v) is 5.35. The van der Waals surface area contributed by atoms with Gasteiger partial charge in [0.15, 0.2) is 0 Å². The molecule has 0 saturated carbocycles. The number of carbonyl (C=O) groups is 1. The van der Waals surface area contributed by atoms with Gasteiger partial charge < -0.3 is 31.2 Å². The Bertz CT molecular complexity index is 1300. The number of amides is 1. The maximum Gasteiger partial charge on any atom is 0.247 e. The number of carbonyl (C=O) groups excluding carboxylic acids is 1. The number of methoxy groups -OCH3 is 1. The van der Waals surface area contributed by atoms with Crippen LogP contribution in [0.15, 0.2) is 60.3 Å². The molecule has 1 amide bonds. The summed E-state index contributed by atoms with van der Waals surface area (Å²) in [5.74, 6) is 6.04. The van der Waals surface area contributed by atoms with Gasteiger partial charge in [0.25, 0.3) is 0 Å². The van der Waals surface area contributed by atoms with E-state index in [2.05, 4.69) is 27.4 Å². The Morgan fingerprint density at radius 2 is 2.14 bits per heavy atom. The molecule has 0 aliphatic rings. The van der Waals surface area contributed by atoms with E-state index in [0.29, 0.717) is 35.1 Å². The summed E-state index contributed by atoms with van der Waals surface area (Å²) in [5.41, 5.74) is 12.6. The fourth-order valence-electron chi connectivity index (χ4n) is 3.49. The van der Waals surface area contributed by atoms with Crippen LogP contribution in [-0.4, -0.2) is 53.9 Å². The van der Waals surface area contributed by atoms with Crippen LogP contribution in [0.2, 0.25) is 0 Å². The number of hydrogen-bond acceptors (Lipinski definition) is 8. The average molecular weight is 479 g/mol. The van der Waals surface area contributed by atoms with Crippen molar-refractivity contribution in [3.05, 3.63) is 60.8 Å². The van der Waals surface area contributed by atoms with Crippen LogP contribution in [0.4, 0.5) is 17.1 Å². The molecule has 0 spiro atoms. The highest BCUT2D eigenvalue weighted by Crippen LogP contribution is 2.38. The highest BCUT2D eigenvalue weighted by Gasteiger charge is 2.15.